The minimum absolute atomic E-state index is 0.190. The fraction of sp³-hybridized carbons (Fsp3) is 0.333. The Kier molecular flexibility index (Phi) is 10.3. The van der Waals surface area contributed by atoms with Crippen LogP contribution in [0.15, 0.2) is 41.1 Å². The zero-order valence-corrected chi connectivity index (χ0v) is 17.7. The number of amides is 1. The Morgan fingerprint density at radius 3 is 2.17 bits per heavy atom. The molecule has 9 nitrogen and oxygen atoms in total. The van der Waals surface area contributed by atoms with Crippen LogP contribution in [0.2, 0.25) is 0 Å². The van der Waals surface area contributed by atoms with E-state index in [4.69, 9.17) is 22.3 Å². The smallest absolute Gasteiger partial charge is 0.394 e. The van der Waals surface area contributed by atoms with Crippen LogP contribution >= 0.6 is 11.3 Å². The van der Waals surface area contributed by atoms with Crippen LogP contribution in [0.5, 0.6) is 0 Å². The predicted octanol–water partition coefficient (Wildman–Crippen LogP) is 2.67. The summed E-state index contributed by atoms with van der Waals surface area (Å²) in [5.41, 5.74) is 2.70. The summed E-state index contributed by atoms with van der Waals surface area (Å²) in [5, 5.41) is 6.51. The van der Waals surface area contributed by atoms with Crippen molar-refractivity contribution in [3.8, 4) is 0 Å². The molecule has 0 fully saturated rings. The van der Waals surface area contributed by atoms with Gasteiger partial charge in [0, 0.05) is 24.5 Å². The quantitative estimate of drug-likeness (QED) is 0.418. The fourth-order valence-electron chi connectivity index (χ4n) is 2.30. The summed E-state index contributed by atoms with van der Waals surface area (Å²) in [7, 11) is -4.67. The van der Waals surface area contributed by atoms with Crippen molar-refractivity contribution in [2.75, 3.05) is 29.9 Å². The predicted molar refractivity (Wildman–Crippen MR) is 112 cm³/mol. The van der Waals surface area contributed by atoms with Crippen LogP contribution in [0.25, 0.3) is 0 Å². The number of rotatable bonds is 8. The molecule has 0 bridgehead atoms. The summed E-state index contributed by atoms with van der Waals surface area (Å²) in [5.74, 6) is -0.746. The van der Waals surface area contributed by atoms with Gasteiger partial charge in [-0.05, 0) is 60.5 Å². The first-order valence-corrected chi connectivity index (χ1v) is 11.0. The molecule has 1 amide bonds. The zero-order valence-electron chi connectivity index (χ0n) is 16.1. The number of anilines is 2. The number of hydrogen-bond donors (Lipinski definition) is 3. The molecule has 1 aromatic carbocycles. The molecule has 1 aromatic heterocycles. The molecular formula is C18H24N2O7S2. The van der Waals surface area contributed by atoms with Crippen molar-refractivity contribution < 1.29 is 31.8 Å². The molecule has 1 heterocycles. The Morgan fingerprint density at radius 2 is 1.69 bits per heavy atom. The molecule has 160 valence electrons. The highest BCUT2D eigenvalue weighted by Crippen LogP contribution is 2.17. The first kappa shape index (κ1) is 24.6. The molecule has 0 radical (unpaired) electrons. The number of carbonyl (C=O) groups is 2. The second-order valence-corrected chi connectivity index (χ2v) is 7.36. The average Bonchev–Trinajstić information content (AvgIpc) is 3.14. The lowest BCUT2D eigenvalue weighted by atomic mass is 10.2. The molecule has 3 N–H and O–H groups in total. The van der Waals surface area contributed by atoms with Crippen LogP contribution in [0.3, 0.4) is 0 Å². The van der Waals surface area contributed by atoms with Gasteiger partial charge in [0.05, 0.1) is 6.42 Å². The molecule has 2 aromatic rings. The summed E-state index contributed by atoms with van der Waals surface area (Å²) in [4.78, 5) is 25.7. The highest BCUT2D eigenvalue weighted by molar-refractivity contribution is 7.79. The van der Waals surface area contributed by atoms with Gasteiger partial charge in [0.15, 0.2) is 6.61 Å². The van der Waals surface area contributed by atoms with Crippen LogP contribution in [0.4, 0.5) is 11.4 Å². The number of benzene rings is 1. The van der Waals surface area contributed by atoms with E-state index in [2.05, 4.69) is 24.1 Å². The molecular weight excluding hydrogens is 420 g/mol. The van der Waals surface area contributed by atoms with E-state index in [1.807, 2.05) is 41.1 Å². The van der Waals surface area contributed by atoms with Crippen molar-refractivity contribution in [2.24, 2.45) is 0 Å². The van der Waals surface area contributed by atoms with E-state index >= 15 is 0 Å². The van der Waals surface area contributed by atoms with Crippen molar-refractivity contribution in [2.45, 2.75) is 20.3 Å². The van der Waals surface area contributed by atoms with Crippen molar-refractivity contribution in [1.29, 1.82) is 0 Å². The number of hydrogen-bond acceptors (Lipinski definition) is 7. The second kappa shape index (κ2) is 12.2. The van der Waals surface area contributed by atoms with Gasteiger partial charge in [0.25, 0.3) is 5.91 Å². The molecule has 0 spiro atoms. The molecule has 0 saturated carbocycles. The van der Waals surface area contributed by atoms with E-state index < -0.39 is 16.4 Å². The summed E-state index contributed by atoms with van der Waals surface area (Å²) in [6.07, 6.45) is 0.190. The molecule has 0 aliphatic heterocycles. The second-order valence-electron chi connectivity index (χ2n) is 5.68. The van der Waals surface area contributed by atoms with E-state index in [1.165, 1.54) is 11.3 Å². The zero-order chi connectivity index (χ0) is 21.9. The minimum Gasteiger partial charge on any atom is -0.455 e. The molecule has 0 saturated heterocycles. The maximum absolute atomic E-state index is 11.9. The Labute approximate surface area is 173 Å². The molecule has 11 heteroatoms. The maximum atomic E-state index is 11.9. The normalized spacial score (nSPS) is 10.5. The molecule has 0 atom stereocenters. The number of esters is 1. The third-order valence-electron chi connectivity index (χ3n) is 3.57. The van der Waals surface area contributed by atoms with Crippen LogP contribution in [-0.4, -0.2) is 49.1 Å². The largest absolute Gasteiger partial charge is 0.455 e. The van der Waals surface area contributed by atoms with Gasteiger partial charge in [-0.2, -0.15) is 19.8 Å². The Bertz CT molecular complexity index is 854. The Balaban J connectivity index is 0.000000749. The topological polar surface area (TPSA) is 133 Å². The lowest BCUT2D eigenvalue weighted by molar-refractivity contribution is -0.146. The van der Waals surface area contributed by atoms with Gasteiger partial charge in [-0.25, -0.2) is 0 Å². The van der Waals surface area contributed by atoms with Crippen molar-refractivity contribution in [1.82, 2.24) is 0 Å². The lowest BCUT2D eigenvalue weighted by Crippen LogP contribution is -2.22. The van der Waals surface area contributed by atoms with Crippen LogP contribution in [0.1, 0.15) is 19.4 Å². The summed E-state index contributed by atoms with van der Waals surface area (Å²) in [6.45, 7) is 5.79. The van der Waals surface area contributed by atoms with E-state index in [-0.39, 0.29) is 18.9 Å². The minimum atomic E-state index is -4.67. The number of nitrogens with one attached hydrogen (secondary N) is 1. The number of thiophene rings is 1. The fourth-order valence-corrected chi connectivity index (χ4v) is 2.97. The van der Waals surface area contributed by atoms with Crippen molar-refractivity contribution in [3.63, 3.8) is 0 Å². The van der Waals surface area contributed by atoms with Gasteiger partial charge in [-0.1, -0.05) is 0 Å². The standard InChI is InChI=1S/C18H22N2O3S.H2O4S/c1-3-20(4-2)16-7-5-15(6-8-16)19-17(21)12-23-18(22)11-14-9-10-24-13-14;1-5(2,3)4/h5-10,13H,3-4,11-12H2,1-2H3,(H,19,21);(H2,1,2,3,4). The SMILES string of the molecule is CCN(CC)c1ccc(NC(=O)COC(=O)Cc2ccsc2)cc1.O=S(=O)(O)O. The van der Waals surface area contributed by atoms with Crippen LogP contribution in [0, 0.1) is 0 Å². The maximum Gasteiger partial charge on any atom is 0.394 e. The third-order valence-corrected chi connectivity index (χ3v) is 4.30. The molecule has 2 rings (SSSR count). The lowest BCUT2D eigenvalue weighted by Gasteiger charge is -2.21. The molecule has 0 aliphatic carbocycles. The third kappa shape index (κ3) is 11.2. The summed E-state index contributed by atoms with van der Waals surface area (Å²) in [6, 6.07) is 9.48. The van der Waals surface area contributed by atoms with E-state index in [0.717, 1.165) is 24.3 Å². The van der Waals surface area contributed by atoms with Gasteiger partial charge in [-0.15, -0.1) is 0 Å². The average molecular weight is 445 g/mol. The van der Waals surface area contributed by atoms with Crippen molar-refractivity contribution >= 4 is 45.0 Å². The summed E-state index contributed by atoms with van der Waals surface area (Å²) >= 11 is 1.52. The number of nitrogens with zero attached hydrogens (tertiary/aromatic N) is 1. The molecule has 0 unspecified atom stereocenters. The monoisotopic (exact) mass is 444 g/mol. The highest BCUT2D eigenvalue weighted by atomic mass is 32.3. The molecule has 29 heavy (non-hydrogen) atoms. The summed E-state index contributed by atoms with van der Waals surface area (Å²) < 4.78 is 36.6. The van der Waals surface area contributed by atoms with Gasteiger partial charge in [-0.3, -0.25) is 18.7 Å². The van der Waals surface area contributed by atoms with Crippen LogP contribution in [-0.2, 0) is 31.1 Å². The van der Waals surface area contributed by atoms with Gasteiger partial charge >= 0.3 is 16.4 Å². The first-order chi connectivity index (χ1) is 13.6. The van der Waals surface area contributed by atoms with Gasteiger partial charge in [0.1, 0.15) is 0 Å². The van der Waals surface area contributed by atoms with Gasteiger partial charge in [0.2, 0.25) is 0 Å². The Morgan fingerprint density at radius 1 is 1.10 bits per heavy atom. The van der Waals surface area contributed by atoms with E-state index in [9.17, 15) is 9.59 Å². The van der Waals surface area contributed by atoms with Crippen LogP contribution < -0.4 is 10.2 Å². The van der Waals surface area contributed by atoms with Crippen molar-refractivity contribution in [3.05, 3.63) is 46.7 Å². The molecule has 0 aliphatic rings. The number of ether oxygens (including phenoxy) is 1. The highest BCUT2D eigenvalue weighted by Gasteiger charge is 2.09. The number of carbonyl (C=O) groups excluding carboxylic acids is 2. The van der Waals surface area contributed by atoms with E-state index in [1.54, 1.807) is 0 Å². The van der Waals surface area contributed by atoms with E-state index in [0.29, 0.717) is 5.69 Å². The first-order valence-electron chi connectivity index (χ1n) is 8.63. The Hall–Kier alpha value is -2.47. The van der Waals surface area contributed by atoms with Gasteiger partial charge < -0.3 is 15.0 Å².